The van der Waals surface area contributed by atoms with Crippen molar-refractivity contribution in [3.05, 3.63) is 35.9 Å². The van der Waals surface area contributed by atoms with Gasteiger partial charge in [0.2, 0.25) is 0 Å². The van der Waals surface area contributed by atoms with Crippen LogP contribution in [0.3, 0.4) is 0 Å². The Morgan fingerprint density at radius 3 is 1.69 bits per heavy atom. The highest BCUT2D eigenvalue weighted by Gasteiger charge is 2.25. The van der Waals surface area contributed by atoms with Gasteiger partial charge >= 0.3 is 5.91 Å². The molecular weight excluding hydrogens is 318 g/mol. The van der Waals surface area contributed by atoms with Crippen LogP contribution in [0.4, 0.5) is 0 Å². The molecule has 0 saturated heterocycles. The number of rotatable bonds is 15. The molecule has 0 radical (unpaired) electrons. The number of amides is 1. The molecule has 0 unspecified atom stereocenters. The lowest BCUT2D eigenvalue weighted by atomic mass is 10.0. The predicted octanol–water partition coefficient (Wildman–Crippen LogP) is 6.88. The predicted molar refractivity (Wildman–Crippen MR) is 113 cm³/mol. The molecule has 0 spiro atoms. The Hall–Kier alpha value is -1.15. The average molecular weight is 361 g/mol. The SMILES string of the molecule is CCCCCCCCCCCCCCC(=O)[N+](C)(C)Cc1ccccc1. The fraction of sp³-hybridized carbons (Fsp3) is 0.708. The van der Waals surface area contributed by atoms with Crippen LogP contribution in [0.5, 0.6) is 0 Å². The molecule has 0 aromatic heterocycles. The van der Waals surface area contributed by atoms with Gasteiger partial charge in [0, 0.05) is 5.56 Å². The van der Waals surface area contributed by atoms with E-state index in [1.54, 1.807) is 0 Å². The Balaban J connectivity index is 2.00. The van der Waals surface area contributed by atoms with Crippen LogP contribution in [0.1, 0.15) is 96.0 Å². The van der Waals surface area contributed by atoms with Crippen LogP contribution in [-0.4, -0.2) is 24.5 Å². The minimum atomic E-state index is 0.362. The molecule has 0 saturated carbocycles. The number of quaternary nitrogens is 1. The lowest BCUT2D eigenvalue weighted by Crippen LogP contribution is -2.44. The lowest BCUT2D eigenvalue weighted by molar-refractivity contribution is -0.828. The monoisotopic (exact) mass is 360 g/mol. The van der Waals surface area contributed by atoms with E-state index >= 15 is 0 Å². The molecule has 2 nitrogen and oxygen atoms in total. The van der Waals surface area contributed by atoms with Crippen LogP contribution in [0.15, 0.2) is 30.3 Å². The quantitative estimate of drug-likeness (QED) is 0.246. The van der Waals surface area contributed by atoms with Crippen molar-refractivity contribution in [3.63, 3.8) is 0 Å². The lowest BCUT2D eigenvalue weighted by Gasteiger charge is -2.27. The second kappa shape index (κ2) is 14.0. The summed E-state index contributed by atoms with van der Waals surface area (Å²) in [5.41, 5.74) is 1.24. The van der Waals surface area contributed by atoms with Crippen LogP contribution in [0, 0.1) is 0 Å². The third-order valence-electron chi connectivity index (χ3n) is 5.34. The fourth-order valence-electron chi connectivity index (χ4n) is 3.55. The van der Waals surface area contributed by atoms with Gasteiger partial charge in [0.15, 0.2) is 0 Å². The minimum Gasteiger partial charge on any atom is -0.262 e. The summed E-state index contributed by atoms with van der Waals surface area (Å²) in [6.45, 7) is 3.06. The summed E-state index contributed by atoms with van der Waals surface area (Å²) in [7, 11) is 4.08. The summed E-state index contributed by atoms with van der Waals surface area (Å²) in [6, 6.07) is 10.3. The van der Waals surface area contributed by atoms with E-state index < -0.39 is 0 Å². The second-order valence-electron chi connectivity index (χ2n) is 8.36. The average Bonchev–Trinajstić information content (AvgIpc) is 2.63. The standard InChI is InChI=1S/C24H42NO/c1-4-5-6-7-8-9-10-11-12-13-14-18-21-24(26)25(2,3)22-23-19-16-15-17-20-23/h15-17,19-20H,4-14,18,21-22H2,1-3H3/q+1. The van der Waals surface area contributed by atoms with Gasteiger partial charge in [-0.3, -0.25) is 4.48 Å². The minimum absolute atomic E-state index is 0.362. The maximum atomic E-state index is 12.5. The first kappa shape index (κ1) is 22.9. The molecule has 0 fully saturated rings. The van der Waals surface area contributed by atoms with Crippen molar-refractivity contribution in [1.29, 1.82) is 0 Å². The van der Waals surface area contributed by atoms with Crippen molar-refractivity contribution >= 4 is 5.91 Å². The highest BCUT2D eigenvalue weighted by Crippen LogP contribution is 2.15. The molecule has 1 rings (SSSR count). The first-order valence-corrected chi connectivity index (χ1v) is 11.0. The van der Waals surface area contributed by atoms with E-state index in [-0.39, 0.29) is 0 Å². The molecule has 1 aromatic rings. The number of unbranched alkanes of at least 4 members (excludes halogenated alkanes) is 11. The fourth-order valence-corrected chi connectivity index (χ4v) is 3.55. The first-order valence-electron chi connectivity index (χ1n) is 11.0. The smallest absolute Gasteiger partial charge is 0.262 e. The Bertz CT molecular complexity index is 466. The molecule has 26 heavy (non-hydrogen) atoms. The van der Waals surface area contributed by atoms with Gasteiger partial charge in [0.05, 0.1) is 20.5 Å². The van der Waals surface area contributed by atoms with Gasteiger partial charge in [-0.25, -0.2) is 4.79 Å². The summed E-state index contributed by atoms with van der Waals surface area (Å²) < 4.78 is 0.460. The maximum Gasteiger partial charge on any atom is 0.313 e. The molecule has 0 aliphatic heterocycles. The third-order valence-corrected chi connectivity index (χ3v) is 5.34. The summed E-state index contributed by atoms with van der Waals surface area (Å²) in [5, 5.41) is 0. The van der Waals surface area contributed by atoms with Gasteiger partial charge in [-0.1, -0.05) is 108 Å². The van der Waals surface area contributed by atoms with E-state index in [0.717, 1.165) is 19.4 Å². The number of carbonyl (C=O) groups is 1. The van der Waals surface area contributed by atoms with Crippen LogP contribution in [0.25, 0.3) is 0 Å². The van der Waals surface area contributed by atoms with Gasteiger partial charge in [-0.15, -0.1) is 0 Å². The number of carbonyl (C=O) groups excluding carboxylic acids is 1. The second-order valence-corrected chi connectivity index (χ2v) is 8.36. The van der Waals surface area contributed by atoms with Gasteiger partial charge in [0.1, 0.15) is 6.54 Å². The molecular formula is C24H42NO+. The van der Waals surface area contributed by atoms with Crippen molar-refractivity contribution in [2.24, 2.45) is 0 Å². The molecule has 2 heteroatoms. The van der Waals surface area contributed by atoms with Gasteiger partial charge in [-0.05, 0) is 6.42 Å². The molecule has 1 aromatic carbocycles. The molecule has 0 N–H and O–H groups in total. The van der Waals surface area contributed by atoms with Crippen molar-refractivity contribution in [3.8, 4) is 0 Å². The van der Waals surface area contributed by atoms with Gasteiger partial charge in [-0.2, -0.15) is 0 Å². The number of hydrogen-bond donors (Lipinski definition) is 0. The first-order chi connectivity index (χ1) is 12.6. The van der Waals surface area contributed by atoms with E-state index in [9.17, 15) is 4.79 Å². The largest absolute Gasteiger partial charge is 0.313 e. The Morgan fingerprint density at radius 1 is 0.731 bits per heavy atom. The zero-order valence-electron chi connectivity index (χ0n) is 17.6. The highest BCUT2D eigenvalue weighted by atomic mass is 16.2. The summed E-state index contributed by atoms with van der Waals surface area (Å²) in [6.07, 6.45) is 16.8. The maximum absolute atomic E-state index is 12.5. The van der Waals surface area contributed by atoms with Crippen LogP contribution >= 0.6 is 0 Å². The van der Waals surface area contributed by atoms with Gasteiger partial charge in [0.25, 0.3) is 0 Å². The molecule has 0 atom stereocenters. The van der Waals surface area contributed by atoms with Crippen molar-refractivity contribution in [1.82, 2.24) is 0 Å². The van der Waals surface area contributed by atoms with Crippen molar-refractivity contribution in [2.45, 2.75) is 96.9 Å². The zero-order chi connectivity index (χ0) is 19.1. The highest BCUT2D eigenvalue weighted by molar-refractivity contribution is 5.68. The van der Waals surface area contributed by atoms with E-state index in [1.807, 2.05) is 32.3 Å². The number of hydrogen-bond acceptors (Lipinski definition) is 1. The van der Waals surface area contributed by atoms with E-state index in [1.165, 1.54) is 76.2 Å². The summed E-state index contributed by atoms with van der Waals surface area (Å²) >= 11 is 0. The molecule has 0 aliphatic carbocycles. The molecule has 148 valence electrons. The van der Waals surface area contributed by atoms with E-state index in [4.69, 9.17) is 0 Å². The summed E-state index contributed by atoms with van der Waals surface area (Å²) in [4.78, 5) is 12.5. The van der Waals surface area contributed by atoms with E-state index in [2.05, 4.69) is 19.1 Å². The molecule has 0 aliphatic rings. The summed E-state index contributed by atoms with van der Waals surface area (Å²) in [5.74, 6) is 0.362. The Morgan fingerprint density at radius 2 is 1.19 bits per heavy atom. The number of nitrogens with zero attached hydrogens (tertiary/aromatic N) is 1. The van der Waals surface area contributed by atoms with Gasteiger partial charge < -0.3 is 0 Å². The van der Waals surface area contributed by atoms with Crippen LogP contribution in [0.2, 0.25) is 0 Å². The van der Waals surface area contributed by atoms with Crippen molar-refractivity contribution < 1.29 is 9.28 Å². The molecule has 0 bridgehead atoms. The number of benzene rings is 1. The third kappa shape index (κ3) is 10.8. The zero-order valence-corrected chi connectivity index (χ0v) is 17.6. The van der Waals surface area contributed by atoms with Crippen LogP contribution in [-0.2, 0) is 11.3 Å². The Kier molecular flexibility index (Phi) is 12.3. The van der Waals surface area contributed by atoms with E-state index in [0.29, 0.717) is 10.4 Å². The molecule has 1 amide bonds. The van der Waals surface area contributed by atoms with Crippen molar-refractivity contribution in [2.75, 3.05) is 14.1 Å². The normalized spacial score (nSPS) is 11.7. The van der Waals surface area contributed by atoms with Crippen LogP contribution < -0.4 is 0 Å². The Labute approximate surface area is 162 Å². The molecule has 0 heterocycles. The topological polar surface area (TPSA) is 17.1 Å².